The van der Waals surface area contributed by atoms with Gasteiger partial charge in [-0.25, -0.2) is 4.79 Å². The number of aliphatic hydroxyl groups is 1. The molecule has 0 aliphatic heterocycles. The minimum absolute atomic E-state index is 0.0734. The van der Waals surface area contributed by atoms with Gasteiger partial charge in [-0.1, -0.05) is 0 Å². The van der Waals surface area contributed by atoms with Crippen LogP contribution in [0.2, 0.25) is 0 Å². The van der Waals surface area contributed by atoms with E-state index in [1.54, 1.807) is 34.6 Å². The van der Waals surface area contributed by atoms with Crippen molar-refractivity contribution in [3.63, 3.8) is 0 Å². The van der Waals surface area contributed by atoms with Gasteiger partial charge in [-0.3, -0.25) is 0 Å². The van der Waals surface area contributed by atoms with E-state index in [1.807, 2.05) is 0 Å². The molecule has 5 heteroatoms. The Kier molecular flexibility index (Phi) is 4.55. The van der Waals surface area contributed by atoms with Gasteiger partial charge in [0.05, 0.1) is 11.6 Å². The first-order chi connectivity index (χ1) is 6.58. The summed E-state index contributed by atoms with van der Waals surface area (Å²) >= 11 is 0. The van der Waals surface area contributed by atoms with E-state index >= 15 is 0 Å². The predicted octanol–water partition coefficient (Wildman–Crippen LogP) is 0.609. The lowest BCUT2D eigenvalue weighted by molar-refractivity contribution is 0.0160. The highest BCUT2D eigenvalue weighted by molar-refractivity contribution is 5.68. The third-order valence-electron chi connectivity index (χ3n) is 2.08. The molecule has 0 fully saturated rings. The summed E-state index contributed by atoms with van der Waals surface area (Å²) in [6, 6.07) is -0.461. The van der Waals surface area contributed by atoms with Crippen LogP contribution in [-0.2, 0) is 4.74 Å². The predicted molar refractivity (Wildman–Crippen MR) is 58.5 cm³/mol. The first-order valence-electron chi connectivity index (χ1n) is 5.00. The number of amides is 1. The fourth-order valence-corrected chi connectivity index (χ4v) is 0.817. The topological polar surface area (TPSA) is 84.6 Å². The molecular formula is C10H22N2O3. The standard InChI is InChI=1S/C10H22N2O3/c1-7(10(5,14)6-11)12-8(13)15-9(2,3)4/h7,14H,6,11H2,1-5H3,(H,12,13). The first-order valence-corrected chi connectivity index (χ1v) is 5.00. The van der Waals surface area contributed by atoms with Gasteiger partial charge in [0.25, 0.3) is 0 Å². The first kappa shape index (κ1) is 14.2. The van der Waals surface area contributed by atoms with Crippen molar-refractivity contribution >= 4 is 6.09 Å². The van der Waals surface area contributed by atoms with Gasteiger partial charge in [-0.05, 0) is 34.6 Å². The Bertz CT molecular complexity index is 221. The van der Waals surface area contributed by atoms with E-state index in [2.05, 4.69) is 5.32 Å². The molecule has 0 spiro atoms. The summed E-state index contributed by atoms with van der Waals surface area (Å²) in [5.74, 6) is 0. The minimum atomic E-state index is -1.13. The van der Waals surface area contributed by atoms with Gasteiger partial charge < -0.3 is 20.9 Å². The van der Waals surface area contributed by atoms with E-state index in [-0.39, 0.29) is 6.54 Å². The number of carbonyl (C=O) groups is 1. The molecule has 0 aromatic heterocycles. The quantitative estimate of drug-likeness (QED) is 0.648. The van der Waals surface area contributed by atoms with Crippen LogP contribution in [0.4, 0.5) is 4.79 Å². The van der Waals surface area contributed by atoms with Gasteiger partial charge in [-0.2, -0.15) is 0 Å². The van der Waals surface area contributed by atoms with Crippen LogP contribution in [0, 0.1) is 0 Å². The Morgan fingerprint density at radius 1 is 1.47 bits per heavy atom. The molecule has 2 atom stereocenters. The van der Waals surface area contributed by atoms with Gasteiger partial charge >= 0.3 is 6.09 Å². The van der Waals surface area contributed by atoms with Crippen LogP contribution in [0.15, 0.2) is 0 Å². The SMILES string of the molecule is CC(NC(=O)OC(C)(C)C)C(C)(O)CN. The summed E-state index contributed by atoms with van der Waals surface area (Å²) in [5, 5.41) is 12.3. The van der Waals surface area contributed by atoms with E-state index in [0.29, 0.717) is 0 Å². The van der Waals surface area contributed by atoms with E-state index in [1.165, 1.54) is 0 Å². The smallest absolute Gasteiger partial charge is 0.407 e. The lowest BCUT2D eigenvalue weighted by atomic mass is 9.99. The highest BCUT2D eigenvalue weighted by Gasteiger charge is 2.29. The molecule has 90 valence electrons. The number of carbonyl (C=O) groups excluding carboxylic acids is 1. The fraction of sp³-hybridized carbons (Fsp3) is 0.900. The Morgan fingerprint density at radius 2 is 1.93 bits per heavy atom. The maximum Gasteiger partial charge on any atom is 0.407 e. The Morgan fingerprint density at radius 3 is 2.27 bits per heavy atom. The van der Waals surface area contributed by atoms with Crippen LogP contribution < -0.4 is 11.1 Å². The highest BCUT2D eigenvalue weighted by atomic mass is 16.6. The Labute approximate surface area is 91.0 Å². The van der Waals surface area contributed by atoms with E-state index in [9.17, 15) is 9.90 Å². The second kappa shape index (κ2) is 4.81. The molecule has 2 unspecified atom stereocenters. The molecule has 0 radical (unpaired) electrons. The van der Waals surface area contributed by atoms with Crippen molar-refractivity contribution in [3.8, 4) is 0 Å². The summed E-state index contributed by atoms with van der Waals surface area (Å²) < 4.78 is 5.05. The van der Waals surface area contributed by atoms with Crippen molar-refractivity contribution in [2.45, 2.75) is 51.9 Å². The average Bonchev–Trinajstić information content (AvgIpc) is 2.00. The van der Waals surface area contributed by atoms with Gasteiger partial charge in [0.2, 0.25) is 0 Å². The van der Waals surface area contributed by atoms with Crippen molar-refractivity contribution in [3.05, 3.63) is 0 Å². The molecular weight excluding hydrogens is 196 g/mol. The number of rotatable bonds is 3. The lowest BCUT2D eigenvalue weighted by Crippen LogP contribution is -2.54. The van der Waals surface area contributed by atoms with Gasteiger partial charge in [0.15, 0.2) is 0 Å². The molecule has 0 heterocycles. The second-order valence-electron chi connectivity index (χ2n) is 4.93. The van der Waals surface area contributed by atoms with Crippen molar-refractivity contribution in [2.24, 2.45) is 5.73 Å². The Hall–Kier alpha value is -0.810. The zero-order valence-corrected chi connectivity index (χ0v) is 10.1. The number of ether oxygens (including phenoxy) is 1. The normalized spacial score (nSPS) is 17.8. The molecule has 0 saturated carbocycles. The summed E-state index contributed by atoms with van der Waals surface area (Å²) in [5.41, 5.74) is 3.70. The molecule has 0 aliphatic rings. The Balaban J connectivity index is 4.20. The van der Waals surface area contributed by atoms with Gasteiger partial charge in [0.1, 0.15) is 5.60 Å². The molecule has 0 saturated heterocycles. The summed E-state index contributed by atoms with van der Waals surface area (Å²) in [6.07, 6.45) is -0.552. The lowest BCUT2D eigenvalue weighted by Gasteiger charge is -2.30. The van der Waals surface area contributed by atoms with Crippen LogP contribution in [0.1, 0.15) is 34.6 Å². The van der Waals surface area contributed by atoms with Crippen molar-refractivity contribution in [1.82, 2.24) is 5.32 Å². The van der Waals surface area contributed by atoms with Crippen LogP contribution in [0.25, 0.3) is 0 Å². The number of nitrogens with two attached hydrogens (primary N) is 1. The van der Waals surface area contributed by atoms with Crippen LogP contribution in [0.3, 0.4) is 0 Å². The number of hydrogen-bond donors (Lipinski definition) is 3. The van der Waals surface area contributed by atoms with E-state index in [4.69, 9.17) is 10.5 Å². The van der Waals surface area contributed by atoms with Crippen LogP contribution >= 0.6 is 0 Å². The maximum atomic E-state index is 11.3. The van der Waals surface area contributed by atoms with Crippen molar-refractivity contribution < 1.29 is 14.6 Å². The zero-order valence-electron chi connectivity index (χ0n) is 10.1. The molecule has 0 aromatic rings. The summed E-state index contributed by atoms with van der Waals surface area (Å²) in [6.45, 7) is 8.64. The van der Waals surface area contributed by atoms with E-state index < -0.39 is 23.3 Å². The van der Waals surface area contributed by atoms with Gasteiger partial charge in [0, 0.05) is 6.54 Å². The third-order valence-corrected chi connectivity index (χ3v) is 2.08. The number of alkyl carbamates (subject to hydrolysis) is 1. The van der Waals surface area contributed by atoms with Crippen molar-refractivity contribution in [1.29, 1.82) is 0 Å². The largest absolute Gasteiger partial charge is 0.444 e. The van der Waals surface area contributed by atoms with Crippen LogP contribution in [0.5, 0.6) is 0 Å². The highest BCUT2D eigenvalue weighted by Crippen LogP contribution is 2.10. The maximum absolute atomic E-state index is 11.3. The van der Waals surface area contributed by atoms with E-state index in [0.717, 1.165) is 0 Å². The van der Waals surface area contributed by atoms with Crippen molar-refractivity contribution in [2.75, 3.05) is 6.54 Å². The molecule has 0 aromatic carbocycles. The van der Waals surface area contributed by atoms with Crippen LogP contribution in [-0.4, -0.2) is 35.0 Å². The number of hydrogen-bond acceptors (Lipinski definition) is 4. The zero-order chi connectivity index (χ0) is 12.3. The minimum Gasteiger partial charge on any atom is -0.444 e. The second-order valence-corrected chi connectivity index (χ2v) is 4.93. The number of nitrogens with one attached hydrogen (secondary N) is 1. The molecule has 0 rings (SSSR count). The summed E-state index contributed by atoms with van der Waals surface area (Å²) in [7, 11) is 0. The molecule has 5 nitrogen and oxygen atoms in total. The average molecular weight is 218 g/mol. The fourth-order valence-electron chi connectivity index (χ4n) is 0.817. The summed E-state index contributed by atoms with van der Waals surface area (Å²) in [4.78, 5) is 11.3. The molecule has 4 N–H and O–H groups in total. The molecule has 0 bridgehead atoms. The molecule has 1 amide bonds. The molecule has 0 aliphatic carbocycles. The van der Waals surface area contributed by atoms with Gasteiger partial charge in [-0.15, -0.1) is 0 Å². The third kappa shape index (κ3) is 5.59. The molecule has 15 heavy (non-hydrogen) atoms. The monoisotopic (exact) mass is 218 g/mol.